The fourth-order valence-electron chi connectivity index (χ4n) is 2.91. The second kappa shape index (κ2) is 8.01. The lowest BCUT2D eigenvalue weighted by molar-refractivity contribution is -0.116. The minimum Gasteiger partial charge on any atom is -0.468 e. The molecule has 9 nitrogen and oxygen atoms in total. The maximum Gasteiger partial charge on any atom is 0.420 e. The monoisotopic (exact) mass is 427 g/mol. The molecule has 2 aromatic heterocycles. The number of oxazole rings is 1. The molecule has 2 N–H and O–H groups in total. The van der Waals surface area contributed by atoms with Crippen LogP contribution in [-0.2, 0) is 27.9 Å². The lowest BCUT2D eigenvalue weighted by atomic mass is 10.3. The maximum atomic E-state index is 12.5. The number of nitrogens with one attached hydrogen (secondary N) is 2. The van der Waals surface area contributed by atoms with E-state index in [1.54, 1.807) is 42.5 Å². The van der Waals surface area contributed by atoms with Gasteiger partial charge in [-0.05, 0) is 42.5 Å². The number of rotatable bonds is 7. The topological polar surface area (TPSA) is 124 Å². The van der Waals surface area contributed by atoms with Gasteiger partial charge >= 0.3 is 5.76 Å². The van der Waals surface area contributed by atoms with E-state index in [0.717, 1.165) is 0 Å². The molecule has 0 bridgehead atoms. The molecule has 1 amide bonds. The average Bonchev–Trinajstić information content (AvgIpc) is 3.35. The first kappa shape index (κ1) is 19.7. The predicted molar refractivity (Wildman–Crippen MR) is 108 cm³/mol. The molecule has 2 aromatic carbocycles. The lowest BCUT2D eigenvalue weighted by Crippen LogP contribution is -2.25. The summed E-state index contributed by atoms with van der Waals surface area (Å²) < 4.78 is 38.8. The highest BCUT2D eigenvalue weighted by molar-refractivity contribution is 7.89. The first-order chi connectivity index (χ1) is 14.4. The van der Waals surface area contributed by atoms with Crippen LogP contribution in [0.25, 0.3) is 11.1 Å². The minimum absolute atomic E-state index is 0.00238. The number of carbonyl (C=O) groups excluding carboxylic acids is 1. The molecule has 4 aromatic rings. The largest absolute Gasteiger partial charge is 0.468 e. The van der Waals surface area contributed by atoms with Crippen molar-refractivity contribution in [2.24, 2.45) is 0 Å². The number of hydrogen-bond acceptors (Lipinski definition) is 6. The van der Waals surface area contributed by atoms with Gasteiger partial charge in [0.05, 0.1) is 23.2 Å². The van der Waals surface area contributed by atoms with Gasteiger partial charge in [-0.2, -0.15) is 0 Å². The Labute approximate surface area is 171 Å². The van der Waals surface area contributed by atoms with Crippen LogP contribution in [0.15, 0.2) is 85.5 Å². The number of amides is 1. The van der Waals surface area contributed by atoms with Gasteiger partial charge in [0.15, 0.2) is 5.58 Å². The highest BCUT2D eigenvalue weighted by Crippen LogP contribution is 2.17. The van der Waals surface area contributed by atoms with Crippen LogP contribution in [-0.4, -0.2) is 18.9 Å². The SMILES string of the molecule is O=C(Cn1c(=O)oc2ccccc21)Nc1cccc(S(=O)(=O)NCc2ccco2)c1. The van der Waals surface area contributed by atoms with Gasteiger partial charge in [-0.25, -0.2) is 17.9 Å². The molecule has 0 aliphatic carbocycles. The van der Waals surface area contributed by atoms with Gasteiger partial charge in [-0.1, -0.05) is 18.2 Å². The van der Waals surface area contributed by atoms with E-state index in [-0.39, 0.29) is 23.7 Å². The van der Waals surface area contributed by atoms with Crippen LogP contribution in [0.3, 0.4) is 0 Å². The van der Waals surface area contributed by atoms with E-state index < -0.39 is 21.7 Å². The molecule has 0 radical (unpaired) electrons. The highest BCUT2D eigenvalue weighted by atomic mass is 32.2. The Bertz CT molecular complexity index is 1350. The van der Waals surface area contributed by atoms with Crippen molar-refractivity contribution in [3.63, 3.8) is 0 Å². The van der Waals surface area contributed by atoms with Crippen molar-refractivity contribution in [2.45, 2.75) is 18.0 Å². The van der Waals surface area contributed by atoms with Gasteiger partial charge in [0.25, 0.3) is 0 Å². The lowest BCUT2D eigenvalue weighted by Gasteiger charge is -2.09. The van der Waals surface area contributed by atoms with Crippen LogP contribution in [0.5, 0.6) is 0 Å². The molecule has 0 unspecified atom stereocenters. The standard InChI is InChI=1S/C20H17N3O6S/c24-19(13-23-17-8-1-2-9-18(17)29-20(23)25)22-14-5-3-7-16(11-14)30(26,27)21-12-15-6-4-10-28-15/h1-11,21H,12-13H2,(H,22,24). The number of fused-ring (bicyclic) bond motifs is 1. The summed E-state index contributed by atoms with van der Waals surface area (Å²) in [5.74, 6) is -0.674. The third kappa shape index (κ3) is 4.19. The van der Waals surface area contributed by atoms with Crippen molar-refractivity contribution in [1.82, 2.24) is 9.29 Å². The molecule has 0 saturated heterocycles. The third-order valence-electron chi connectivity index (χ3n) is 4.32. The summed E-state index contributed by atoms with van der Waals surface area (Å²) in [4.78, 5) is 24.4. The molecule has 4 rings (SSSR count). The summed E-state index contributed by atoms with van der Waals surface area (Å²) >= 11 is 0. The second-order valence-electron chi connectivity index (χ2n) is 6.40. The van der Waals surface area contributed by atoms with Gasteiger partial charge in [0, 0.05) is 5.69 Å². The molecular weight excluding hydrogens is 410 g/mol. The van der Waals surface area contributed by atoms with Crippen LogP contribution in [0.4, 0.5) is 5.69 Å². The quantitative estimate of drug-likeness (QED) is 0.466. The fraction of sp³-hybridized carbons (Fsp3) is 0.100. The summed E-state index contributed by atoms with van der Waals surface area (Å²) in [5, 5.41) is 2.60. The number of para-hydroxylation sites is 2. The van der Waals surface area contributed by atoms with Crippen molar-refractivity contribution in [3.8, 4) is 0 Å². The van der Waals surface area contributed by atoms with E-state index >= 15 is 0 Å². The van der Waals surface area contributed by atoms with Crippen LogP contribution in [0.1, 0.15) is 5.76 Å². The van der Waals surface area contributed by atoms with Crippen LogP contribution in [0.2, 0.25) is 0 Å². The summed E-state index contributed by atoms with van der Waals surface area (Å²) in [5.41, 5.74) is 1.16. The number of benzene rings is 2. The zero-order valence-electron chi connectivity index (χ0n) is 15.6. The molecule has 0 aliphatic heterocycles. The average molecular weight is 427 g/mol. The number of sulfonamides is 1. The van der Waals surface area contributed by atoms with E-state index in [4.69, 9.17) is 8.83 Å². The second-order valence-corrected chi connectivity index (χ2v) is 8.17. The molecule has 0 saturated carbocycles. The van der Waals surface area contributed by atoms with Crippen molar-refractivity contribution < 1.29 is 22.0 Å². The number of carbonyl (C=O) groups is 1. The van der Waals surface area contributed by atoms with Crippen LogP contribution in [0, 0.1) is 0 Å². The van der Waals surface area contributed by atoms with Gasteiger partial charge in [-0.3, -0.25) is 9.36 Å². The maximum absolute atomic E-state index is 12.5. The van der Waals surface area contributed by atoms with Crippen molar-refractivity contribution in [2.75, 3.05) is 5.32 Å². The van der Waals surface area contributed by atoms with E-state index in [9.17, 15) is 18.0 Å². The van der Waals surface area contributed by atoms with Crippen LogP contribution >= 0.6 is 0 Å². The molecule has 154 valence electrons. The Hall–Kier alpha value is -3.63. The number of anilines is 1. The summed E-state index contributed by atoms with van der Waals surface area (Å²) in [6, 6.07) is 15.9. The molecule has 0 fully saturated rings. The van der Waals surface area contributed by atoms with Gasteiger partial charge in [0.1, 0.15) is 12.3 Å². The first-order valence-corrected chi connectivity index (χ1v) is 10.4. The van der Waals surface area contributed by atoms with Gasteiger partial charge in [0.2, 0.25) is 15.9 Å². The summed E-state index contributed by atoms with van der Waals surface area (Å²) in [6.45, 7) is -0.272. The fourth-order valence-corrected chi connectivity index (χ4v) is 3.95. The Kier molecular flexibility index (Phi) is 5.25. The Morgan fingerprint density at radius 3 is 2.67 bits per heavy atom. The Morgan fingerprint density at radius 2 is 1.87 bits per heavy atom. The number of hydrogen-bond donors (Lipinski definition) is 2. The normalized spacial score (nSPS) is 11.6. The number of aromatic nitrogens is 1. The molecule has 0 atom stereocenters. The molecule has 10 heteroatoms. The van der Waals surface area contributed by atoms with Gasteiger partial charge in [-0.15, -0.1) is 0 Å². The Balaban J connectivity index is 1.48. The summed E-state index contributed by atoms with van der Waals surface area (Å²) in [7, 11) is -3.81. The third-order valence-corrected chi connectivity index (χ3v) is 5.72. The molecule has 0 spiro atoms. The molecule has 2 heterocycles. The zero-order valence-corrected chi connectivity index (χ0v) is 16.4. The van der Waals surface area contributed by atoms with Crippen molar-refractivity contribution >= 4 is 32.7 Å². The zero-order chi connectivity index (χ0) is 21.1. The number of nitrogens with zero attached hydrogens (tertiary/aromatic N) is 1. The Morgan fingerprint density at radius 1 is 1.03 bits per heavy atom. The first-order valence-electron chi connectivity index (χ1n) is 8.93. The van der Waals surface area contributed by atoms with E-state index in [0.29, 0.717) is 16.9 Å². The minimum atomic E-state index is -3.81. The summed E-state index contributed by atoms with van der Waals surface area (Å²) in [6.07, 6.45) is 1.45. The van der Waals surface area contributed by atoms with E-state index in [1.807, 2.05) is 0 Å². The van der Waals surface area contributed by atoms with E-state index in [2.05, 4.69) is 10.0 Å². The van der Waals surface area contributed by atoms with Crippen molar-refractivity contribution in [1.29, 1.82) is 0 Å². The van der Waals surface area contributed by atoms with E-state index in [1.165, 1.54) is 29.0 Å². The smallest absolute Gasteiger partial charge is 0.420 e. The van der Waals surface area contributed by atoms with Gasteiger partial charge < -0.3 is 14.2 Å². The van der Waals surface area contributed by atoms with Crippen molar-refractivity contribution in [3.05, 3.63) is 83.2 Å². The molecular formula is C20H17N3O6S. The highest BCUT2D eigenvalue weighted by Gasteiger charge is 2.16. The molecule has 30 heavy (non-hydrogen) atoms. The number of furan rings is 1. The molecule has 0 aliphatic rings. The predicted octanol–water partition coefficient (Wildman–Crippen LogP) is 2.30. The van der Waals surface area contributed by atoms with Crippen LogP contribution < -0.4 is 15.8 Å².